The van der Waals surface area contributed by atoms with Crippen molar-refractivity contribution in [2.75, 3.05) is 7.11 Å². The van der Waals surface area contributed by atoms with Gasteiger partial charge in [0.1, 0.15) is 11.1 Å². The van der Waals surface area contributed by atoms with E-state index >= 15 is 0 Å². The second-order valence-corrected chi connectivity index (χ2v) is 4.25. The van der Waals surface area contributed by atoms with E-state index in [9.17, 15) is 4.79 Å². The number of carbonyl (C=O) groups excluding carboxylic acids is 1. The molecule has 1 rings (SSSR count). The van der Waals surface area contributed by atoms with Crippen LogP contribution in [0.25, 0.3) is 0 Å². The average Bonchev–Trinajstić information content (AvgIpc) is 2.58. The molecule has 0 fully saturated rings. The van der Waals surface area contributed by atoms with E-state index in [4.69, 9.17) is 5.73 Å². The molecule has 1 heterocycles. The van der Waals surface area contributed by atoms with Crippen molar-refractivity contribution in [2.24, 2.45) is 12.8 Å². The number of hydrogen-bond donors (Lipinski definition) is 1. The summed E-state index contributed by atoms with van der Waals surface area (Å²) in [5.41, 5.74) is 5.46. The molecule has 15 heavy (non-hydrogen) atoms. The standard InChI is InChI=1S/C8H14N4O2S/c1-5(7(13)14-3)15-8-11-10-6(4-9)12(8)2/h5H,4,9H2,1-3H3. The Morgan fingerprint density at radius 2 is 2.33 bits per heavy atom. The molecule has 84 valence electrons. The fourth-order valence-corrected chi connectivity index (χ4v) is 1.86. The van der Waals surface area contributed by atoms with E-state index in [0.717, 1.165) is 0 Å². The van der Waals surface area contributed by atoms with Gasteiger partial charge in [0.25, 0.3) is 0 Å². The van der Waals surface area contributed by atoms with Crippen LogP contribution in [0.15, 0.2) is 5.16 Å². The molecule has 0 bridgehead atoms. The molecule has 7 heteroatoms. The number of hydrogen-bond acceptors (Lipinski definition) is 6. The van der Waals surface area contributed by atoms with E-state index in [1.807, 2.05) is 7.05 Å². The van der Waals surface area contributed by atoms with Crippen LogP contribution in [0.2, 0.25) is 0 Å². The number of aromatic nitrogens is 3. The normalized spacial score (nSPS) is 12.5. The summed E-state index contributed by atoms with van der Waals surface area (Å²) in [5.74, 6) is 0.409. The van der Waals surface area contributed by atoms with Crippen molar-refractivity contribution in [1.82, 2.24) is 14.8 Å². The van der Waals surface area contributed by atoms with Crippen LogP contribution >= 0.6 is 11.8 Å². The predicted octanol–water partition coefficient (Wildman–Crippen LogP) is -0.0726. The smallest absolute Gasteiger partial charge is 0.318 e. The van der Waals surface area contributed by atoms with Crippen LogP contribution in [0.4, 0.5) is 0 Å². The quantitative estimate of drug-likeness (QED) is 0.575. The summed E-state index contributed by atoms with van der Waals surface area (Å²) >= 11 is 1.30. The number of esters is 1. The van der Waals surface area contributed by atoms with Gasteiger partial charge in [0.2, 0.25) is 0 Å². The number of thioether (sulfide) groups is 1. The van der Waals surface area contributed by atoms with E-state index in [0.29, 0.717) is 17.5 Å². The highest BCUT2D eigenvalue weighted by molar-refractivity contribution is 8.00. The molecule has 1 aromatic rings. The Hall–Kier alpha value is -1.08. The van der Waals surface area contributed by atoms with Gasteiger partial charge in [-0.15, -0.1) is 10.2 Å². The van der Waals surface area contributed by atoms with Crippen LogP contribution in [0, 0.1) is 0 Å². The van der Waals surface area contributed by atoms with Gasteiger partial charge in [-0.05, 0) is 6.92 Å². The van der Waals surface area contributed by atoms with E-state index < -0.39 is 0 Å². The lowest BCUT2D eigenvalue weighted by atomic mass is 10.5. The molecule has 0 aliphatic carbocycles. The first-order valence-electron chi connectivity index (χ1n) is 4.43. The Labute approximate surface area is 92.2 Å². The molecule has 1 aromatic heterocycles. The van der Waals surface area contributed by atoms with E-state index in [2.05, 4.69) is 14.9 Å². The van der Waals surface area contributed by atoms with E-state index in [-0.39, 0.29) is 11.2 Å². The molecule has 0 saturated heterocycles. The van der Waals surface area contributed by atoms with Gasteiger partial charge in [0.15, 0.2) is 5.16 Å². The summed E-state index contributed by atoms with van der Waals surface area (Å²) in [7, 11) is 3.18. The third kappa shape index (κ3) is 2.69. The van der Waals surface area contributed by atoms with Crippen molar-refractivity contribution < 1.29 is 9.53 Å². The SMILES string of the molecule is COC(=O)C(C)Sc1nnc(CN)n1C. The maximum absolute atomic E-state index is 11.2. The van der Waals surface area contributed by atoms with Crippen LogP contribution in [0.5, 0.6) is 0 Å². The first-order valence-corrected chi connectivity index (χ1v) is 5.31. The zero-order valence-corrected chi connectivity index (χ0v) is 9.74. The minimum absolute atomic E-state index is 0.280. The maximum Gasteiger partial charge on any atom is 0.318 e. The number of rotatable bonds is 4. The monoisotopic (exact) mass is 230 g/mol. The molecule has 0 spiro atoms. The molecule has 0 aliphatic heterocycles. The first kappa shape index (κ1) is 12.0. The first-order chi connectivity index (χ1) is 7.10. The fourth-order valence-electron chi connectivity index (χ4n) is 0.998. The predicted molar refractivity (Wildman–Crippen MR) is 56.2 cm³/mol. The summed E-state index contributed by atoms with van der Waals surface area (Å²) in [6.45, 7) is 2.09. The third-order valence-corrected chi connectivity index (χ3v) is 3.04. The van der Waals surface area contributed by atoms with Gasteiger partial charge >= 0.3 is 5.97 Å². The molecular weight excluding hydrogens is 216 g/mol. The highest BCUT2D eigenvalue weighted by Crippen LogP contribution is 2.21. The summed E-state index contributed by atoms with van der Waals surface area (Å²) in [6.07, 6.45) is 0. The zero-order chi connectivity index (χ0) is 11.4. The van der Waals surface area contributed by atoms with Crippen LogP contribution < -0.4 is 5.73 Å². The topological polar surface area (TPSA) is 83.0 Å². The molecule has 0 aromatic carbocycles. The van der Waals surface area contributed by atoms with Crippen molar-refractivity contribution in [3.05, 3.63) is 5.82 Å². The second-order valence-electron chi connectivity index (χ2n) is 2.95. The second kappa shape index (κ2) is 5.13. The molecule has 6 nitrogen and oxygen atoms in total. The molecule has 0 radical (unpaired) electrons. The van der Waals surface area contributed by atoms with Gasteiger partial charge in [-0.2, -0.15) is 0 Å². The van der Waals surface area contributed by atoms with E-state index in [1.165, 1.54) is 18.9 Å². The zero-order valence-electron chi connectivity index (χ0n) is 8.93. The minimum atomic E-state index is -0.302. The summed E-state index contributed by atoms with van der Waals surface area (Å²) in [5, 5.41) is 8.18. The third-order valence-electron chi connectivity index (χ3n) is 1.92. The van der Waals surface area contributed by atoms with E-state index in [1.54, 1.807) is 11.5 Å². The maximum atomic E-state index is 11.2. The van der Waals surface area contributed by atoms with Crippen LogP contribution in [-0.2, 0) is 23.1 Å². The van der Waals surface area contributed by atoms with Gasteiger partial charge in [-0.3, -0.25) is 4.79 Å². The Morgan fingerprint density at radius 3 is 2.80 bits per heavy atom. The van der Waals surface area contributed by atoms with Crippen LogP contribution in [0.3, 0.4) is 0 Å². The van der Waals surface area contributed by atoms with Gasteiger partial charge in [0, 0.05) is 7.05 Å². The number of ether oxygens (including phenoxy) is 1. The highest BCUT2D eigenvalue weighted by Gasteiger charge is 2.18. The molecule has 0 aliphatic rings. The van der Waals surface area contributed by atoms with Crippen molar-refractivity contribution in [1.29, 1.82) is 0 Å². The lowest BCUT2D eigenvalue weighted by molar-refractivity contribution is -0.139. The van der Waals surface area contributed by atoms with Gasteiger partial charge in [0.05, 0.1) is 13.7 Å². The number of nitrogens with zero attached hydrogens (tertiary/aromatic N) is 3. The van der Waals surface area contributed by atoms with Crippen molar-refractivity contribution in [3.63, 3.8) is 0 Å². The largest absolute Gasteiger partial charge is 0.468 e. The minimum Gasteiger partial charge on any atom is -0.468 e. The molecular formula is C8H14N4O2S. The van der Waals surface area contributed by atoms with Gasteiger partial charge in [-0.25, -0.2) is 0 Å². The Kier molecular flexibility index (Phi) is 4.10. The van der Waals surface area contributed by atoms with Crippen molar-refractivity contribution in [2.45, 2.75) is 23.9 Å². The highest BCUT2D eigenvalue weighted by atomic mass is 32.2. The molecule has 0 amide bonds. The lowest BCUT2D eigenvalue weighted by Crippen LogP contribution is -2.15. The number of methoxy groups -OCH3 is 1. The lowest BCUT2D eigenvalue weighted by Gasteiger charge is -2.07. The Balaban J connectivity index is 2.72. The molecule has 1 atom stereocenters. The van der Waals surface area contributed by atoms with Crippen molar-refractivity contribution in [3.8, 4) is 0 Å². The Bertz CT molecular complexity index is 352. The number of carbonyl (C=O) groups is 1. The fraction of sp³-hybridized carbons (Fsp3) is 0.625. The summed E-state index contributed by atoms with van der Waals surface area (Å²) in [6, 6.07) is 0. The molecule has 1 unspecified atom stereocenters. The Morgan fingerprint density at radius 1 is 1.67 bits per heavy atom. The van der Waals surface area contributed by atoms with Gasteiger partial charge < -0.3 is 15.0 Å². The van der Waals surface area contributed by atoms with Crippen LogP contribution in [-0.4, -0.2) is 33.1 Å². The van der Waals surface area contributed by atoms with Gasteiger partial charge in [-0.1, -0.05) is 11.8 Å². The molecule has 0 saturated carbocycles. The summed E-state index contributed by atoms with van der Waals surface area (Å²) in [4.78, 5) is 11.2. The summed E-state index contributed by atoms with van der Waals surface area (Å²) < 4.78 is 6.38. The van der Waals surface area contributed by atoms with Crippen LogP contribution in [0.1, 0.15) is 12.7 Å². The molecule has 2 N–H and O–H groups in total. The number of nitrogens with two attached hydrogens (primary N) is 1. The average molecular weight is 230 g/mol. The van der Waals surface area contributed by atoms with Crippen molar-refractivity contribution >= 4 is 17.7 Å².